The number of aryl methyl sites for hydroxylation is 1. The first kappa shape index (κ1) is 14.1. The van der Waals surface area contributed by atoms with Crippen molar-refractivity contribution in [1.82, 2.24) is 4.98 Å². The third-order valence-electron chi connectivity index (χ3n) is 3.38. The molecule has 0 fully saturated rings. The lowest BCUT2D eigenvalue weighted by Gasteiger charge is -2.10. The second-order valence-corrected chi connectivity index (χ2v) is 5.85. The van der Waals surface area contributed by atoms with Gasteiger partial charge in [0.25, 0.3) is 0 Å². The molecule has 21 heavy (non-hydrogen) atoms. The van der Waals surface area contributed by atoms with E-state index in [4.69, 9.17) is 5.73 Å². The van der Waals surface area contributed by atoms with Crippen molar-refractivity contribution in [3.8, 4) is 11.3 Å². The molecule has 3 nitrogen and oxygen atoms in total. The molecule has 1 unspecified atom stereocenters. The number of hydrogen-bond donors (Lipinski definition) is 2. The topological polar surface area (TPSA) is 59.1 Å². The molecular formula is C16H15FN2OS. The van der Waals surface area contributed by atoms with Crippen LogP contribution in [0.3, 0.4) is 0 Å². The van der Waals surface area contributed by atoms with Crippen LogP contribution in [0.15, 0.2) is 35.7 Å². The number of benzene rings is 1. The molecule has 2 aromatic heterocycles. The van der Waals surface area contributed by atoms with Crippen LogP contribution in [0.4, 0.5) is 4.39 Å². The van der Waals surface area contributed by atoms with Gasteiger partial charge in [0.2, 0.25) is 0 Å². The molecular weight excluding hydrogens is 287 g/mol. The summed E-state index contributed by atoms with van der Waals surface area (Å²) in [4.78, 5) is 4.48. The molecule has 0 spiro atoms. The molecule has 0 bridgehead atoms. The molecule has 108 valence electrons. The molecule has 0 aliphatic rings. The predicted octanol–water partition coefficient (Wildman–Crippen LogP) is 3.40. The molecule has 5 heteroatoms. The second kappa shape index (κ2) is 5.52. The molecule has 0 saturated carbocycles. The van der Waals surface area contributed by atoms with Gasteiger partial charge in [-0.05, 0) is 30.7 Å². The fourth-order valence-corrected chi connectivity index (χ4v) is 3.31. The summed E-state index contributed by atoms with van der Waals surface area (Å²) in [5, 5.41) is 12.6. The van der Waals surface area contributed by atoms with E-state index in [2.05, 4.69) is 4.98 Å². The standard InChI is InChI=1S/C16H15FN2OS/c1-9-5-13(19-14(6-9)15(20)7-18)11-8-21-16-10(11)3-2-4-12(16)17/h2-6,8,15,20H,7,18H2,1H3. The Balaban J connectivity index is 2.19. The third kappa shape index (κ3) is 2.55. The monoisotopic (exact) mass is 302 g/mol. The van der Waals surface area contributed by atoms with E-state index in [1.165, 1.54) is 17.4 Å². The van der Waals surface area contributed by atoms with Crippen LogP contribution in [0.5, 0.6) is 0 Å². The van der Waals surface area contributed by atoms with Gasteiger partial charge < -0.3 is 10.8 Å². The fraction of sp³-hybridized carbons (Fsp3) is 0.188. The van der Waals surface area contributed by atoms with Crippen LogP contribution in [-0.4, -0.2) is 16.6 Å². The van der Waals surface area contributed by atoms with E-state index >= 15 is 0 Å². The van der Waals surface area contributed by atoms with Gasteiger partial charge in [0.15, 0.2) is 0 Å². The average molecular weight is 302 g/mol. The van der Waals surface area contributed by atoms with E-state index < -0.39 is 6.10 Å². The molecule has 1 aromatic carbocycles. The Morgan fingerprint density at radius 1 is 1.38 bits per heavy atom. The number of aliphatic hydroxyl groups excluding tert-OH is 1. The number of hydrogen-bond acceptors (Lipinski definition) is 4. The lowest BCUT2D eigenvalue weighted by molar-refractivity contribution is 0.182. The zero-order valence-corrected chi connectivity index (χ0v) is 12.3. The fourth-order valence-electron chi connectivity index (χ4n) is 2.34. The van der Waals surface area contributed by atoms with Gasteiger partial charge in [0, 0.05) is 22.9 Å². The number of aromatic nitrogens is 1. The normalized spacial score (nSPS) is 12.8. The van der Waals surface area contributed by atoms with Crippen molar-refractivity contribution < 1.29 is 9.50 Å². The number of rotatable bonds is 3. The van der Waals surface area contributed by atoms with Crippen molar-refractivity contribution in [2.24, 2.45) is 5.73 Å². The number of nitrogens with two attached hydrogens (primary N) is 1. The maximum atomic E-state index is 13.8. The summed E-state index contributed by atoms with van der Waals surface area (Å²) in [6, 6.07) is 8.78. The van der Waals surface area contributed by atoms with Gasteiger partial charge in [0.1, 0.15) is 11.9 Å². The number of halogens is 1. The molecule has 0 radical (unpaired) electrons. The maximum Gasteiger partial charge on any atom is 0.141 e. The highest BCUT2D eigenvalue weighted by molar-refractivity contribution is 7.17. The van der Waals surface area contributed by atoms with Crippen molar-refractivity contribution in [2.75, 3.05) is 6.54 Å². The third-order valence-corrected chi connectivity index (χ3v) is 4.39. The molecule has 0 amide bonds. The minimum Gasteiger partial charge on any atom is -0.385 e. The van der Waals surface area contributed by atoms with Gasteiger partial charge in [-0.2, -0.15) is 0 Å². The van der Waals surface area contributed by atoms with Crippen LogP contribution < -0.4 is 5.73 Å². The van der Waals surface area contributed by atoms with Crippen LogP contribution >= 0.6 is 11.3 Å². The average Bonchev–Trinajstić information content (AvgIpc) is 2.91. The molecule has 3 aromatic rings. The number of nitrogens with zero attached hydrogens (tertiary/aromatic N) is 1. The Hall–Kier alpha value is -1.82. The van der Waals surface area contributed by atoms with E-state index in [-0.39, 0.29) is 12.4 Å². The van der Waals surface area contributed by atoms with E-state index in [0.717, 1.165) is 22.2 Å². The minimum absolute atomic E-state index is 0.120. The van der Waals surface area contributed by atoms with Gasteiger partial charge in [-0.15, -0.1) is 11.3 Å². The smallest absolute Gasteiger partial charge is 0.141 e. The van der Waals surface area contributed by atoms with Crippen LogP contribution in [0.25, 0.3) is 21.3 Å². The summed E-state index contributed by atoms with van der Waals surface area (Å²) in [5.74, 6) is -0.224. The summed E-state index contributed by atoms with van der Waals surface area (Å²) in [5.41, 5.74) is 8.63. The van der Waals surface area contributed by atoms with Crippen LogP contribution in [0, 0.1) is 12.7 Å². The van der Waals surface area contributed by atoms with Crippen LogP contribution in [0.1, 0.15) is 17.4 Å². The highest BCUT2D eigenvalue weighted by Gasteiger charge is 2.14. The molecule has 0 aliphatic heterocycles. The van der Waals surface area contributed by atoms with E-state index in [9.17, 15) is 9.50 Å². The van der Waals surface area contributed by atoms with E-state index in [1.54, 1.807) is 6.07 Å². The Bertz CT molecular complexity index is 800. The van der Waals surface area contributed by atoms with Gasteiger partial charge in [-0.1, -0.05) is 12.1 Å². The lowest BCUT2D eigenvalue weighted by Crippen LogP contribution is -2.13. The lowest BCUT2D eigenvalue weighted by atomic mass is 10.1. The zero-order chi connectivity index (χ0) is 15.0. The number of pyridine rings is 1. The summed E-state index contributed by atoms with van der Waals surface area (Å²) in [6.07, 6.45) is -0.787. The highest BCUT2D eigenvalue weighted by Crippen LogP contribution is 2.35. The molecule has 0 aliphatic carbocycles. The van der Waals surface area contributed by atoms with Gasteiger partial charge >= 0.3 is 0 Å². The quantitative estimate of drug-likeness (QED) is 0.779. The SMILES string of the molecule is Cc1cc(-c2csc3c(F)cccc23)nc(C(O)CN)c1. The Kier molecular flexibility index (Phi) is 3.71. The molecule has 3 rings (SSSR count). The van der Waals surface area contributed by atoms with Crippen molar-refractivity contribution >= 4 is 21.4 Å². The second-order valence-electron chi connectivity index (χ2n) is 4.97. The van der Waals surface area contributed by atoms with E-state index in [0.29, 0.717) is 10.4 Å². The molecule has 1 atom stereocenters. The molecule has 0 saturated heterocycles. The Morgan fingerprint density at radius 2 is 2.19 bits per heavy atom. The highest BCUT2D eigenvalue weighted by atomic mass is 32.1. The minimum atomic E-state index is -0.787. The zero-order valence-electron chi connectivity index (χ0n) is 11.5. The first-order valence-corrected chi connectivity index (χ1v) is 7.51. The van der Waals surface area contributed by atoms with Crippen molar-refractivity contribution in [1.29, 1.82) is 0 Å². The number of aliphatic hydroxyl groups is 1. The summed E-state index contributed by atoms with van der Waals surface area (Å²) in [6.45, 7) is 2.06. The first-order chi connectivity index (χ1) is 10.1. The van der Waals surface area contributed by atoms with Crippen molar-refractivity contribution in [3.63, 3.8) is 0 Å². The molecule has 2 heterocycles. The van der Waals surface area contributed by atoms with Crippen LogP contribution in [-0.2, 0) is 0 Å². The molecule has 3 N–H and O–H groups in total. The number of fused-ring (bicyclic) bond motifs is 1. The van der Waals surface area contributed by atoms with Gasteiger partial charge in [-0.25, -0.2) is 9.37 Å². The maximum absolute atomic E-state index is 13.8. The number of thiophene rings is 1. The Labute approximate surface area is 125 Å². The summed E-state index contributed by atoms with van der Waals surface area (Å²) >= 11 is 1.36. The Morgan fingerprint density at radius 3 is 2.95 bits per heavy atom. The summed E-state index contributed by atoms with van der Waals surface area (Å²) in [7, 11) is 0. The van der Waals surface area contributed by atoms with Gasteiger partial charge in [-0.3, -0.25) is 0 Å². The van der Waals surface area contributed by atoms with E-state index in [1.807, 2.05) is 30.5 Å². The largest absolute Gasteiger partial charge is 0.385 e. The first-order valence-electron chi connectivity index (χ1n) is 6.63. The van der Waals surface area contributed by atoms with Crippen molar-refractivity contribution in [2.45, 2.75) is 13.0 Å². The summed E-state index contributed by atoms with van der Waals surface area (Å²) < 4.78 is 14.4. The van der Waals surface area contributed by atoms with Gasteiger partial charge in [0.05, 0.1) is 16.1 Å². The van der Waals surface area contributed by atoms with Crippen molar-refractivity contribution in [3.05, 3.63) is 52.8 Å². The predicted molar refractivity (Wildman–Crippen MR) is 83.8 cm³/mol. The van der Waals surface area contributed by atoms with Crippen LogP contribution in [0.2, 0.25) is 0 Å².